The monoisotopic (exact) mass is 1050 g/mol. The van der Waals surface area contributed by atoms with E-state index >= 15 is 0 Å². The van der Waals surface area contributed by atoms with Crippen molar-refractivity contribution >= 4 is 76.7 Å². The summed E-state index contributed by atoms with van der Waals surface area (Å²) < 4.78 is 66.0. The average molecular weight is 1050 g/mol. The molecule has 0 radical (unpaired) electrons. The van der Waals surface area contributed by atoms with Crippen LogP contribution < -0.4 is 40.0 Å². The standard InChI is InChI=1S/C24H34N4O5S2.C23H33N5O5S2/c1-2-3-17-33-22-6-4-20(5-7-22)27-13-15-28(16-14-27)35(31,32)24(23(29)25-30)9-11-26(12-10-24)21-8-18-34-19-21;1-2-3-17-33-20-6-4-19(5-7-20)26-13-15-28(16-14-26)35(31,32)23(21(29)25-30)8-11-27(12-9-23)22-24-10-18-34-22/h4-8,18-19,30H,2-3,9-17H2,1H3,(H,25,29);4-7,10,18,30H,2-3,8-9,11-17H2,1H3,(H,25,29). The van der Waals surface area contributed by atoms with Crippen LogP contribution in [0.15, 0.2) is 76.9 Å². The Morgan fingerprint density at radius 1 is 0.586 bits per heavy atom. The van der Waals surface area contributed by atoms with Crippen molar-refractivity contribution in [3.05, 3.63) is 76.9 Å². The molecule has 4 aliphatic heterocycles. The van der Waals surface area contributed by atoms with Crippen molar-refractivity contribution in [1.29, 1.82) is 0 Å². The van der Waals surface area contributed by atoms with Crippen LogP contribution in [0.5, 0.6) is 11.5 Å². The number of rotatable bonds is 18. The molecule has 4 saturated heterocycles. The predicted octanol–water partition coefficient (Wildman–Crippen LogP) is 5.24. The number of thiophene rings is 1. The topological polar surface area (TPSA) is 218 Å². The summed E-state index contributed by atoms with van der Waals surface area (Å²) in [6, 6.07) is 17.7. The van der Waals surface area contributed by atoms with Gasteiger partial charge in [-0.1, -0.05) is 26.7 Å². The molecule has 4 fully saturated rings. The maximum absolute atomic E-state index is 13.8. The van der Waals surface area contributed by atoms with Crippen molar-refractivity contribution in [2.24, 2.45) is 0 Å². The number of hydroxylamine groups is 2. The summed E-state index contributed by atoms with van der Waals surface area (Å²) in [5, 5.41) is 25.5. The fraction of sp³-hybridized carbons (Fsp3) is 0.553. The molecule has 4 aliphatic rings. The number of piperazine rings is 2. The van der Waals surface area contributed by atoms with E-state index in [0.717, 1.165) is 59.4 Å². The molecule has 8 rings (SSSR count). The summed E-state index contributed by atoms with van der Waals surface area (Å²) in [5.74, 6) is -0.0560. The third-order valence-electron chi connectivity index (χ3n) is 13.8. The number of sulfonamides is 2. The van der Waals surface area contributed by atoms with Gasteiger partial charge in [0.15, 0.2) is 14.6 Å². The Bertz CT molecular complexity index is 2300. The lowest BCUT2D eigenvalue weighted by atomic mass is 9.94. The fourth-order valence-corrected chi connectivity index (χ4v) is 15.0. The van der Waals surface area contributed by atoms with Crippen LogP contribution in [0.4, 0.5) is 22.2 Å². The van der Waals surface area contributed by atoms with Crippen LogP contribution in [-0.2, 0) is 29.6 Å². The van der Waals surface area contributed by atoms with E-state index in [1.165, 1.54) is 19.9 Å². The number of unbranched alkanes of at least 4 members (excludes halogenated alkanes) is 2. The number of hydrogen-bond acceptors (Lipinski definition) is 17. The number of carbonyl (C=O) groups excluding carboxylic acids is 2. The van der Waals surface area contributed by atoms with E-state index in [1.54, 1.807) is 28.5 Å². The molecule has 4 aromatic rings. The highest BCUT2D eigenvalue weighted by atomic mass is 32.2. The fourth-order valence-electron chi connectivity index (χ4n) is 9.45. The van der Waals surface area contributed by atoms with Gasteiger partial charge in [0.05, 0.1) is 13.2 Å². The van der Waals surface area contributed by atoms with Crippen LogP contribution in [0, 0.1) is 0 Å². The van der Waals surface area contributed by atoms with Gasteiger partial charge in [-0.2, -0.15) is 19.9 Å². The Morgan fingerprint density at radius 2 is 1.00 bits per heavy atom. The molecular formula is C47H67N9O10S4. The van der Waals surface area contributed by atoms with Gasteiger partial charge in [0.25, 0.3) is 11.8 Å². The summed E-state index contributed by atoms with van der Waals surface area (Å²) >= 11 is 3.05. The molecule has 19 nitrogen and oxygen atoms in total. The van der Waals surface area contributed by atoms with E-state index in [2.05, 4.69) is 33.5 Å². The molecule has 2 amide bonds. The smallest absolute Gasteiger partial charge is 0.266 e. The molecule has 384 valence electrons. The summed E-state index contributed by atoms with van der Waals surface area (Å²) in [5.41, 5.74) is 6.32. The Labute approximate surface area is 420 Å². The predicted molar refractivity (Wildman–Crippen MR) is 274 cm³/mol. The van der Waals surface area contributed by atoms with Crippen molar-refractivity contribution in [2.75, 3.05) is 111 Å². The number of benzene rings is 2. The summed E-state index contributed by atoms with van der Waals surface area (Å²) in [7, 11) is -7.99. The van der Waals surface area contributed by atoms with Gasteiger partial charge in [-0.15, -0.1) is 11.3 Å². The molecule has 2 aromatic carbocycles. The van der Waals surface area contributed by atoms with Crippen molar-refractivity contribution in [1.82, 2.24) is 24.6 Å². The van der Waals surface area contributed by atoms with Crippen molar-refractivity contribution in [3.63, 3.8) is 0 Å². The average Bonchev–Trinajstić information content (AvgIpc) is 4.16. The Kier molecular flexibility index (Phi) is 18.3. The van der Waals surface area contributed by atoms with Crippen LogP contribution in [-0.4, -0.2) is 154 Å². The number of aromatic nitrogens is 1. The van der Waals surface area contributed by atoms with Crippen molar-refractivity contribution in [2.45, 2.75) is 74.7 Å². The largest absolute Gasteiger partial charge is 0.494 e. The number of hydrogen-bond donors (Lipinski definition) is 4. The van der Waals surface area contributed by atoms with E-state index in [9.17, 15) is 36.8 Å². The zero-order valence-electron chi connectivity index (χ0n) is 40.0. The van der Waals surface area contributed by atoms with Gasteiger partial charge in [-0.05, 0) is 98.5 Å². The number of nitrogens with zero attached hydrogens (tertiary/aromatic N) is 7. The second kappa shape index (κ2) is 24.1. The van der Waals surface area contributed by atoms with Gasteiger partial charge in [-0.3, -0.25) is 20.0 Å². The molecule has 0 bridgehead atoms. The van der Waals surface area contributed by atoms with Crippen molar-refractivity contribution in [3.8, 4) is 11.5 Å². The minimum absolute atomic E-state index is 0.0843. The van der Waals surface area contributed by atoms with E-state index in [1.807, 2.05) is 75.6 Å². The number of thiazole rings is 1. The van der Waals surface area contributed by atoms with E-state index in [0.29, 0.717) is 65.6 Å². The van der Waals surface area contributed by atoms with Crippen LogP contribution >= 0.6 is 22.7 Å². The highest BCUT2D eigenvalue weighted by Crippen LogP contribution is 2.38. The molecule has 0 atom stereocenters. The molecule has 0 unspecified atom stereocenters. The number of carbonyl (C=O) groups is 2. The van der Waals surface area contributed by atoms with Gasteiger partial charge in [-0.25, -0.2) is 32.8 Å². The molecule has 2 aromatic heterocycles. The van der Waals surface area contributed by atoms with Gasteiger partial charge < -0.3 is 29.1 Å². The minimum atomic E-state index is -4.00. The molecule has 0 spiro atoms. The Hall–Kier alpha value is -4.75. The Morgan fingerprint density at radius 3 is 1.36 bits per heavy atom. The molecule has 0 saturated carbocycles. The molecule has 23 heteroatoms. The molecule has 0 aliphatic carbocycles. The number of piperidine rings is 2. The number of nitrogens with one attached hydrogen (secondary N) is 2. The maximum Gasteiger partial charge on any atom is 0.266 e. The summed E-state index contributed by atoms with van der Waals surface area (Å²) in [6.45, 7) is 10.4. The summed E-state index contributed by atoms with van der Waals surface area (Å²) in [4.78, 5) is 38.2. The second-order valence-corrected chi connectivity index (χ2v) is 24.0. The second-order valence-electron chi connectivity index (χ2n) is 17.8. The molecule has 4 N–H and O–H groups in total. The number of anilines is 4. The van der Waals surface area contributed by atoms with E-state index in [4.69, 9.17) is 9.47 Å². The lowest BCUT2D eigenvalue weighted by Crippen LogP contribution is -2.63. The SMILES string of the molecule is CCCCOc1ccc(N2CCN(S(=O)(=O)C3(C(=O)NO)CCN(c4ccsc4)CC3)CC2)cc1.CCCCOc1ccc(N2CCN(S(=O)(=O)C3(C(=O)NO)CCN(c4nccs4)CC3)CC2)cc1. The molecule has 70 heavy (non-hydrogen) atoms. The normalized spacial score (nSPS) is 18.9. The molecule has 6 heterocycles. The quantitative estimate of drug-likeness (QED) is 0.0569. The Balaban J connectivity index is 0.000000206. The van der Waals surface area contributed by atoms with Crippen LogP contribution in [0.25, 0.3) is 0 Å². The number of ether oxygens (including phenoxy) is 2. The van der Waals surface area contributed by atoms with Gasteiger partial charge in [0.2, 0.25) is 20.0 Å². The minimum Gasteiger partial charge on any atom is -0.494 e. The maximum atomic E-state index is 13.8. The third-order valence-corrected chi connectivity index (χ3v) is 20.6. The van der Waals surface area contributed by atoms with E-state index < -0.39 is 41.4 Å². The van der Waals surface area contributed by atoms with Gasteiger partial charge >= 0.3 is 0 Å². The van der Waals surface area contributed by atoms with Gasteiger partial charge in [0.1, 0.15) is 11.5 Å². The van der Waals surface area contributed by atoms with Crippen LogP contribution in [0.2, 0.25) is 0 Å². The van der Waals surface area contributed by atoms with E-state index in [-0.39, 0.29) is 51.9 Å². The lowest BCUT2D eigenvalue weighted by Gasteiger charge is -2.44. The summed E-state index contributed by atoms with van der Waals surface area (Å²) in [6.07, 6.45) is 6.30. The highest BCUT2D eigenvalue weighted by Gasteiger charge is 2.56. The molecular weight excluding hydrogens is 979 g/mol. The third kappa shape index (κ3) is 11.6. The first kappa shape index (κ1) is 53.1. The number of amides is 2. The van der Waals surface area contributed by atoms with Crippen LogP contribution in [0.3, 0.4) is 0 Å². The highest BCUT2D eigenvalue weighted by molar-refractivity contribution is 7.91. The first-order valence-corrected chi connectivity index (χ1v) is 28.8. The first-order chi connectivity index (χ1) is 33.8. The van der Waals surface area contributed by atoms with Crippen LogP contribution in [0.1, 0.15) is 65.2 Å². The zero-order valence-corrected chi connectivity index (χ0v) is 43.3. The lowest BCUT2D eigenvalue weighted by molar-refractivity contribution is -0.133. The first-order valence-electron chi connectivity index (χ1n) is 24.1. The van der Waals surface area contributed by atoms with Gasteiger partial charge in [0, 0.05) is 113 Å². The zero-order chi connectivity index (χ0) is 49.8. The van der Waals surface area contributed by atoms with Crippen molar-refractivity contribution < 1.29 is 46.3 Å².